The van der Waals surface area contributed by atoms with Gasteiger partial charge in [0.2, 0.25) is 0 Å². The number of nitrogens with zero attached hydrogens (tertiary/aromatic N) is 2. The van der Waals surface area contributed by atoms with Crippen molar-refractivity contribution in [1.82, 2.24) is 19.8 Å². The highest BCUT2D eigenvalue weighted by atomic mass is 16.6. The monoisotopic (exact) mass is 527 g/mol. The van der Waals surface area contributed by atoms with Gasteiger partial charge in [-0.3, -0.25) is 0 Å². The lowest BCUT2D eigenvalue weighted by molar-refractivity contribution is 0.0205. The summed E-state index contributed by atoms with van der Waals surface area (Å²) in [7, 11) is 2.22. The molecule has 3 N–H and O–H groups in total. The Balaban J connectivity index is 1.14. The van der Waals surface area contributed by atoms with Gasteiger partial charge >= 0.3 is 6.09 Å². The van der Waals surface area contributed by atoms with Crippen molar-refractivity contribution in [2.45, 2.75) is 63.9 Å². The van der Waals surface area contributed by atoms with Crippen molar-refractivity contribution >= 4 is 39.3 Å². The zero-order chi connectivity index (χ0) is 27.1. The van der Waals surface area contributed by atoms with E-state index in [9.17, 15) is 4.79 Å². The minimum Gasteiger partial charge on any atom is -0.444 e. The molecule has 6 rings (SSSR count). The molecular formula is C32H41N5O2. The normalized spacial score (nSPS) is 18.2. The topological polar surface area (TPSA) is 76.4 Å². The van der Waals surface area contributed by atoms with Crippen LogP contribution < -0.4 is 5.32 Å². The van der Waals surface area contributed by atoms with Gasteiger partial charge in [-0.2, -0.15) is 0 Å². The quantitative estimate of drug-likeness (QED) is 0.260. The van der Waals surface area contributed by atoms with E-state index in [0.29, 0.717) is 11.8 Å². The van der Waals surface area contributed by atoms with Crippen LogP contribution in [0.15, 0.2) is 48.8 Å². The Morgan fingerprint density at radius 1 is 0.821 bits per heavy atom. The summed E-state index contributed by atoms with van der Waals surface area (Å²) in [4.78, 5) is 23.7. The number of aromatic amines is 2. The van der Waals surface area contributed by atoms with Crippen LogP contribution in [-0.4, -0.2) is 64.7 Å². The molecule has 206 valence electrons. The molecule has 7 nitrogen and oxygen atoms in total. The second kappa shape index (κ2) is 10.3. The molecule has 4 heterocycles. The molecule has 2 aliphatic rings. The Bertz CT molecular complexity index is 1460. The number of anilines is 2. The summed E-state index contributed by atoms with van der Waals surface area (Å²) >= 11 is 0. The summed E-state index contributed by atoms with van der Waals surface area (Å²) in [6.07, 6.45) is 8.49. The van der Waals surface area contributed by atoms with E-state index >= 15 is 0 Å². The highest BCUT2D eigenvalue weighted by Gasteiger charge is 2.28. The Kier molecular flexibility index (Phi) is 6.79. The molecule has 0 atom stereocenters. The second-order valence-electron chi connectivity index (χ2n) is 12.5. The van der Waals surface area contributed by atoms with Crippen LogP contribution in [-0.2, 0) is 4.74 Å². The fourth-order valence-corrected chi connectivity index (χ4v) is 6.31. The lowest BCUT2D eigenvalue weighted by Gasteiger charge is -2.33. The van der Waals surface area contributed by atoms with Crippen LogP contribution in [0.2, 0.25) is 0 Å². The number of ether oxygens (including phenoxy) is 1. The number of H-pyrrole nitrogens is 2. The summed E-state index contributed by atoms with van der Waals surface area (Å²) in [5, 5.41) is 6.24. The largest absolute Gasteiger partial charge is 0.444 e. The van der Waals surface area contributed by atoms with Gasteiger partial charge in [0, 0.05) is 58.7 Å². The molecular weight excluding hydrogens is 486 g/mol. The molecule has 0 bridgehead atoms. The van der Waals surface area contributed by atoms with Gasteiger partial charge in [0.25, 0.3) is 0 Å². The minimum absolute atomic E-state index is 0.202. The Morgan fingerprint density at radius 3 is 2.10 bits per heavy atom. The van der Waals surface area contributed by atoms with Crippen LogP contribution in [0, 0.1) is 0 Å². The second-order valence-corrected chi connectivity index (χ2v) is 12.5. The fourth-order valence-electron chi connectivity index (χ4n) is 6.31. The zero-order valence-electron chi connectivity index (χ0n) is 23.6. The van der Waals surface area contributed by atoms with Crippen molar-refractivity contribution < 1.29 is 9.53 Å². The van der Waals surface area contributed by atoms with Crippen LogP contribution >= 0.6 is 0 Å². The summed E-state index contributed by atoms with van der Waals surface area (Å²) in [5.74, 6) is 1.06. The van der Waals surface area contributed by atoms with E-state index < -0.39 is 5.60 Å². The highest BCUT2D eigenvalue weighted by molar-refractivity contribution is 5.90. The highest BCUT2D eigenvalue weighted by Crippen LogP contribution is 2.37. The van der Waals surface area contributed by atoms with Gasteiger partial charge in [0.15, 0.2) is 0 Å². The van der Waals surface area contributed by atoms with Gasteiger partial charge < -0.3 is 29.8 Å². The number of nitrogens with one attached hydrogen (secondary N) is 3. The Morgan fingerprint density at radius 2 is 1.41 bits per heavy atom. The summed E-state index contributed by atoms with van der Waals surface area (Å²) in [5.41, 5.74) is 6.86. The number of likely N-dealkylation sites (tertiary alicyclic amines) is 2. The maximum atomic E-state index is 12.5. The first-order valence-electron chi connectivity index (χ1n) is 14.4. The van der Waals surface area contributed by atoms with E-state index in [-0.39, 0.29) is 6.09 Å². The van der Waals surface area contributed by atoms with Crippen molar-refractivity contribution in [3.8, 4) is 0 Å². The van der Waals surface area contributed by atoms with Crippen molar-refractivity contribution in [3.63, 3.8) is 0 Å². The molecule has 0 unspecified atom stereocenters. The molecule has 2 saturated heterocycles. The molecule has 4 aromatic rings. The number of rotatable bonds is 4. The average molecular weight is 528 g/mol. The maximum Gasteiger partial charge on any atom is 0.410 e. The van der Waals surface area contributed by atoms with E-state index in [1.807, 2.05) is 25.7 Å². The lowest BCUT2D eigenvalue weighted by Crippen LogP contribution is -2.41. The molecule has 0 saturated carbocycles. The maximum absolute atomic E-state index is 12.5. The predicted octanol–water partition coefficient (Wildman–Crippen LogP) is 7.32. The summed E-state index contributed by atoms with van der Waals surface area (Å²) in [6, 6.07) is 13.2. The average Bonchev–Trinajstić information content (AvgIpc) is 3.52. The van der Waals surface area contributed by atoms with E-state index in [1.165, 1.54) is 40.3 Å². The number of amides is 1. The van der Waals surface area contributed by atoms with E-state index in [0.717, 1.165) is 55.9 Å². The van der Waals surface area contributed by atoms with Crippen molar-refractivity contribution in [1.29, 1.82) is 0 Å². The third-order valence-corrected chi connectivity index (χ3v) is 8.46. The molecule has 39 heavy (non-hydrogen) atoms. The first-order valence-corrected chi connectivity index (χ1v) is 14.4. The molecule has 2 fully saturated rings. The van der Waals surface area contributed by atoms with Crippen molar-refractivity contribution in [2.75, 3.05) is 38.5 Å². The number of benzene rings is 2. The summed E-state index contributed by atoms with van der Waals surface area (Å²) < 4.78 is 5.57. The summed E-state index contributed by atoms with van der Waals surface area (Å²) in [6.45, 7) is 9.53. The number of fused-ring (bicyclic) bond motifs is 2. The van der Waals surface area contributed by atoms with Crippen LogP contribution in [0.25, 0.3) is 21.8 Å². The van der Waals surface area contributed by atoms with E-state index in [4.69, 9.17) is 4.74 Å². The van der Waals surface area contributed by atoms with Gasteiger partial charge in [-0.05, 0) is 120 Å². The van der Waals surface area contributed by atoms with Gasteiger partial charge in [0.05, 0.1) is 0 Å². The lowest BCUT2D eigenvalue weighted by atomic mass is 9.89. The molecule has 2 aromatic heterocycles. The molecule has 0 radical (unpaired) electrons. The van der Waals surface area contributed by atoms with E-state index in [2.05, 4.69) is 76.0 Å². The molecule has 0 spiro atoms. The van der Waals surface area contributed by atoms with Crippen LogP contribution in [0.4, 0.5) is 16.2 Å². The first-order chi connectivity index (χ1) is 18.7. The van der Waals surface area contributed by atoms with Crippen molar-refractivity contribution in [2.24, 2.45) is 0 Å². The smallest absolute Gasteiger partial charge is 0.410 e. The number of carbonyl (C=O) groups excluding carboxylic acids is 1. The number of hydrogen-bond acceptors (Lipinski definition) is 4. The number of aromatic nitrogens is 2. The minimum atomic E-state index is -0.459. The van der Waals surface area contributed by atoms with Crippen molar-refractivity contribution in [3.05, 3.63) is 59.9 Å². The molecule has 7 heteroatoms. The predicted molar refractivity (Wildman–Crippen MR) is 159 cm³/mol. The fraction of sp³-hybridized carbons (Fsp3) is 0.469. The standard InChI is InChI=1S/C32H41N5O2/c1-32(2,3)39-31(38)37-15-11-22(12-16-37)27-19-34-30-18-24(5-7-25(27)30)35-23-6-8-29-26(17-23)28(20-33-29)21-9-13-36(4)14-10-21/h5-8,17-22,33-35H,9-16H2,1-4H3. The third kappa shape index (κ3) is 5.50. The Hall–Kier alpha value is -3.45. The first kappa shape index (κ1) is 25.8. The number of hydrogen-bond donors (Lipinski definition) is 3. The van der Waals surface area contributed by atoms with Crippen LogP contribution in [0.3, 0.4) is 0 Å². The van der Waals surface area contributed by atoms with Gasteiger partial charge in [-0.25, -0.2) is 4.79 Å². The van der Waals surface area contributed by atoms with Crippen LogP contribution in [0.1, 0.15) is 69.4 Å². The number of carbonyl (C=O) groups is 1. The zero-order valence-corrected chi connectivity index (χ0v) is 23.6. The molecule has 1 amide bonds. The molecule has 2 aliphatic heterocycles. The van der Waals surface area contributed by atoms with Gasteiger partial charge in [-0.1, -0.05) is 6.07 Å². The van der Waals surface area contributed by atoms with E-state index in [1.54, 1.807) is 0 Å². The molecule has 0 aliphatic carbocycles. The van der Waals surface area contributed by atoms with Gasteiger partial charge in [-0.15, -0.1) is 0 Å². The SMILES string of the molecule is CN1CCC(c2c[nH]c3ccc(Nc4ccc5c(C6CCN(C(=O)OC(C)(C)C)CC6)c[nH]c5c4)cc23)CC1. The van der Waals surface area contributed by atoms with Crippen LogP contribution in [0.5, 0.6) is 0 Å². The number of piperidine rings is 2. The third-order valence-electron chi connectivity index (χ3n) is 8.46. The van der Waals surface area contributed by atoms with Gasteiger partial charge in [0.1, 0.15) is 5.60 Å². The Labute approximate surface area is 230 Å². The molecule has 2 aromatic carbocycles.